The first kappa shape index (κ1) is 14.5. The van der Waals surface area contributed by atoms with Crippen LogP contribution in [0, 0.1) is 17.2 Å². The quantitative estimate of drug-likeness (QED) is 0.704. The van der Waals surface area contributed by atoms with E-state index in [9.17, 15) is 5.26 Å². The van der Waals surface area contributed by atoms with E-state index in [0.29, 0.717) is 6.04 Å². The van der Waals surface area contributed by atoms with Gasteiger partial charge < -0.3 is 4.90 Å². The van der Waals surface area contributed by atoms with E-state index in [1.807, 2.05) is 6.92 Å². The summed E-state index contributed by atoms with van der Waals surface area (Å²) in [5, 5.41) is 12.5. The van der Waals surface area contributed by atoms with Crippen molar-refractivity contribution in [3.05, 3.63) is 0 Å². The van der Waals surface area contributed by atoms with Gasteiger partial charge in [0, 0.05) is 19.1 Å². The Morgan fingerprint density at radius 1 is 1.47 bits per heavy atom. The summed E-state index contributed by atoms with van der Waals surface area (Å²) in [5.74, 6) is 0.921. The van der Waals surface area contributed by atoms with E-state index in [4.69, 9.17) is 0 Å². The molecule has 1 atom stereocenters. The van der Waals surface area contributed by atoms with Crippen molar-refractivity contribution in [2.24, 2.45) is 5.92 Å². The molecule has 0 saturated heterocycles. The van der Waals surface area contributed by atoms with E-state index >= 15 is 0 Å². The Morgan fingerprint density at radius 3 is 2.53 bits per heavy atom. The first-order chi connectivity index (χ1) is 8.00. The maximum atomic E-state index is 9.23. The molecule has 1 aliphatic carbocycles. The van der Waals surface area contributed by atoms with Crippen molar-refractivity contribution in [1.29, 1.82) is 5.26 Å². The van der Waals surface area contributed by atoms with E-state index in [0.717, 1.165) is 25.4 Å². The van der Waals surface area contributed by atoms with Gasteiger partial charge in [-0.2, -0.15) is 5.26 Å². The molecule has 1 unspecified atom stereocenters. The largest absolute Gasteiger partial charge is 0.301 e. The van der Waals surface area contributed by atoms with Crippen molar-refractivity contribution in [1.82, 2.24) is 10.2 Å². The highest BCUT2D eigenvalue weighted by molar-refractivity contribution is 5.03. The Bertz CT molecular complexity index is 265. The van der Waals surface area contributed by atoms with E-state index in [-0.39, 0.29) is 5.54 Å². The lowest BCUT2D eigenvalue weighted by molar-refractivity contribution is 0.194. The number of nitrogens with zero attached hydrogens (tertiary/aromatic N) is 2. The SMILES string of the molecule is CCNC(C)(C#N)CCN(CC1CC1)C(C)C. The average molecular weight is 237 g/mol. The highest BCUT2D eigenvalue weighted by Crippen LogP contribution is 2.30. The van der Waals surface area contributed by atoms with Gasteiger partial charge in [-0.1, -0.05) is 6.92 Å². The van der Waals surface area contributed by atoms with E-state index < -0.39 is 0 Å². The van der Waals surface area contributed by atoms with Crippen LogP contribution in [-0.4, -0.2) is 36.1 Å². The van der Waals surface area contributed by atoms with Crippen molar-refractivity contribution in [2.45, 2.75) is 58.5 Å². The minimum Gasteiger partial charge on any atom is -0.301 e. The van der Waals surface area contributed by atoms with Crippen LogP contribution < -0.4 is 5.32 Å². The molecule has 3 heteroatoms. The Kier molecular flexibility index (Phi) is 5.42. The number of rotatable bonds is 8. The Labute approximate surface area is 106 Å². The number of nitriles is 1. The van der Waals surface area contributed by atoms with Crippen LogP contribution in [0.4, 0.5) is 0 Å². The van der Waals surface area contributed by atoms with Gasteiger partial charge in [0.2, 0.25) is 0 Å². The summed E-state index contributed by atoms with van der Waals surface area (Å²) < 4.78 is 0. The zero-order valence-corrected chi connectivity index (χ0v) is 11.8. The molecule has 0 radical (unpaired) electrons. The zero-order valence-electron chi connectivity index (χ0n) is 11.8. The molecular weight excluding hydrogens is 210 g/mol. The summed E-state index contributed by atoms with van der Waals surface area (Å²) in [6.45, 7) is 11.6. The molecule has 1 rings (SSSR count). The second-order valence-electron chi connectivity index (χ2n) is 5.76. The molecule has 0 bridgehead atoms. The van der Waals surface area contributed by atoms with Gasteiger partial charge in [0.1, 0.15) is 5.54 Å². The Balaban J connectivity index is 2.41. The normalized spacial score (nSPS) is 19.4. The molecule has 0 aromatic carbocycles. The van der Waals surface area contributed by atoms with E-state index in [2.05, 4.69) is 37.1 Å². The van der Waals surface area contributed by atoms with Crippen LogP contribution in [0.25, 0.3) is 0 Å². The number of nitrogens with one attached hydrogen (secondary N) is 1. The minimum absolute atomic E-state index is 0.370. The van der Waals surface area contributed by atoms with Gasteiger partial charge in [0.25, 0.3) is 0 Å². The fourth-order valence-electron chi connectivity index (χ4n) is 2.13. The minimum atomic E-state index is -0.370. The average Bonchev–Trinajstić information content (AvgIpc) is 3.08. The summed E-state index contributed by atoms with van der Waals surface area (Å²) in [6, 6.07) is 2.99. The van der Waals surface area contributed by atoms with Crippen LogP contribution in [0.2, 0.25) is 0 Å². The maximum Gasteiger partial charge on any atom is 0.105 e. The van der Waals surface area contributed by atoms with Gasteiger partial charge >= 0.3 is 0 Å². The summed E-state index contributed by atoms with van der Waals surface area (Å²) in [5.41, 5.74) is -0.370. The molecule has 98 valence electrons. The molecule has 3 nitrogen and oxygen atoms in total. The molecule has 0 aromatic heterocycles. The summed E-state index contributed by atoms with van der Waals surface area (Å²) in [7, 11) is 0. The Morgan fingerprint density at radius 2 is 2.12 bits per heavy atom. The van der Waals surface area contributed by atoms with Crippen LogP contribution in [0.1, 0.15) is 47.0 Å². The third kappa shape index (κ3) is 5.06. The van der Waals surface area contributed by atoms with Gasteiger partial charge in [-0.25, -0.2) is 0 Å². The molecule has 1 N–H and O–H groups in total. The molecule has 0 aromatic rings. The fraction of sp³-hybridized carbons (Fsp3) is 0.929. The van der Waals surface area contributed by atoms with Gasteiger partial charge in [-0.15, -0.1) is 0 Å². The number of hydrogen-bond donors (Lipinski definition) is 1. The molecule has 0 aliphatic heterocycles. The first-order valence-corrected chi connectivity index (χ1v) is 6.91. The maximum absolute atomic E-state index is 9.23. The zero-order chi connectivity index (χ0) is 12.9. The smallest absolute Gasteiger partial charge is 0.105 e. The van der Waals surface area contributed by atoms with Crippen LogP contribution in [-0.2, 0) is 0 Å². The van der Waals surface area contributed by atoms with Gasteiger partial charge in [0.05, 0.1) is 6.07 Å². The van der Waals surface area contributed by atoms with Crippen molar-refractivity contribution in [3.8, 4) is 6.07 Å². The lowest BCUT2D eigenvalue weighted by Crippen LogP contribution is -2.45. The summed E-state index contributed by atoms with van der Waals surface area (Å²) >= 11 is 0. The molecule has 1 fully saturated rings. The fourth-order valence-corrected chi connectivity index (χ4v) is 2.13. The summed E-state index contributed by atoms with van der Waals surface area (Å²) in [6.07, 6.45) is 3.69. The van der Waals surface area contributed by atoms with E-state index in [1.54, 1.807) is 0 Å². The van der Waals surface area contributed by atoms with Gasteiger partial charge in [-0.05, 0) is 52.5 Å². The third-order valence-corrected chi connectivity index (χ3v) is 3.63. The van der Waals surface area contributed by atoms with Crippen molar-refractivity contribution >= 4 is 0 Å². The molecule has 0 amide bonds. The van der Waals surface area contributed by atoms with Crippen LogP contribution in [0.15, 0.2) is 0 Å². The van der Waals surface area contributed by atoms with E-state index in [1.165, 1.54) is 19.4 Å². The molecule has 17 heavy (non-hydrogen) atoms. The molecule has 1 aliphatic rings. The van der Waals surface area contributed by atoms with Crippen molar-refractivity contribution < 1.29 is 0 Å². The number of hydrogen-bond acceptors (Lipinski definition) is 3. The van der Waals surface area contributed by atoms with Crippen LogP contribution in [0.5, 0.6) is 0 Å². The second kappa shape index (κ2) is 6.37. The van der Waals surface area contributed by atoms with Crippen molar-refractivity contribution in [2.75, 3.05) is 19.6 Å². The molecular formula is C14H27N3. The monoisotopic (exact) mass is 237 g/mol. The first-order valence-electron chi connectivity index (χ1n) is 6.91. The predicted octanol–water partition coefficient (Wildman–Crippen LogP) is 2.39. The van der Waals surface area contributed by atoms with Crippen LogP contribution >= 0.6 is 0 Å². The van der Waals surface area contributed by atoms with Crippen molar-refractivity contribution in [3.63, 3.8) is 0 Å². The highest BCUT2D eigenvalue weighted by Gasteiger charge is 2.28. The molecule has 0 spiro atoms. The second-order valence-corrected chi connectivity index (χ2v) is 5.76. The molecule has 0 heterocycles. The standard InChI is InChI=1S/C14H27N3/c1-5-16-14(4,11-15)8-9-17(12(2)3)10-13-6-7-13/h12-13,16H,5-10H2,1-4H3. The van der Waals surface area contributed by atoms with Gasteiger partial charge in [0.15, 0.2) is 0 Å². The summed E-state index contributed by atoms with van der Waals surface area (Å²) in [4.78, 5) is 2.52. The topological polar surface area (TPSA) is 39.1 Å². The van der Waals surface area contributed by atoms with Gasteiger partial charge in [-0.3, -0.25) is 5.32 Å². The Hall–Kier alpha value is -0.590. The lowest BCUT2D eigenvalue weighted by atomic mass is 9.99. The van der Waals surface area contributed by atoms with Crippen LogP contribution in [0.3, 0.4) is 0 Å². The predicted molar refractivity (Wildman–Crippen MR) is 71.7 cm³/mol. The third-order valence-electron chi connectivity index (χ3n) is 3.63. The lowest BCUT2D eigenvalue weighted by Gasteiger charge is -2.30. The highest BCUT2D eigenvalue weighted by atomic mass is 15.2. The molecule has 1 saturated carbocycles.